The van der Waals surface area contributed by atoms with Gasteiger partial charge in [0, 0.05) is 30.5 Å². The van der Waals surface area contributed by atoms with Crippen molar-refractivity contribution in [2.24, 2.45) is 0 Å². The molecule has 1 aliphatic carbocycles. The Morgan fingerprint density at radius 1 is 1.10 bits per heavy atom. The molecule has 1 aliphatic rings. The third-order valence-electron chi connectivity index (χ3n) is 5.19. The van der Waals surface area contributed by atoms with E-state index in [2.05, 4.69) is 10.6 Å². The van der Waals surface area contributed by atoms with Crippen molar-refractivity contribution in [1.29, 1.82) is 0 Å². The number of rotatable bonds is 9. The number of nitrogens with one attached hydrogen (secondary N) is 2. The predicted octanol–water partition coefficient (Wildman–Crippen LogP) is 3.25. The summed E-state index contributed by atoms with van der Waals surface area (Å²) in [6.45, 7) is 3.02. The van der Waals surface area contributed by atoms with Crippen molar-refractivity contribution in [2.75, 3.05) is 32.0 Å². The summed E-state index contributed by atoms with van der Waals surface area (Å²) in [5.41, 5.74) is 2.43. The fraction of sp³-hybridized carbons (Fsp3) is 0.435. The highest BCUT2D eigenvalue weighted by molar-refractivity contribution is 7.17. The van der Waals surface area contributed by atoms with E-state index in [9.17, 15) is 14.4 Å². The zero-order valence-electron chi connectivity index (χ0n) is 17.6. The number of ketones is 1. The SMILES string of the molecule is CC(=O)NCCCN(C)CC(=O)Nc1sc2c(c1C(=O)c1ccccc1)CCCC2. The number of hydrogen-bond acceptors (Lipinski definition) is 5. The van der Waals surface area contributed by atoms with Crippen LogP contribution in [-0.4, -0.2) is 49.2 Å². The second-order valence-corrected chi connectivity index (χ2v) is 8.84. The third kappa shape index (κ3) is 5.77. The van der Waals surface area contributed by atoms with Gasteiger partial charge in [-0.15, -0.1) is 11.3 Å². The van der Waals surface area contributed by atoms with E-state index in [1.807, 2.05) is 42.3 Å². The number of amides is 2. The van der Waals surface area contributed by atoms with Gasteiger partial charge in [-0.05, 0) is 44.7 Å². The van der Waals surface area contributed by atoms with Gasteiger partial charge in [0.2, 0.25) is 11.8 Å². The van der Waals surface area contributed by atoms with Crippen LogP contribution in [0.2, 0.25) is 0 Å². The molecule has 0 atom stereocenters. The van der Waals surface area contributed by atoms with E-state index in [-0.39, 0.29) is 24.1 Å². The molecular formula is C23H29N3O3S. The molecule has 0 unspecified atom stereocenters. The maximum absolute atomic E-state index is 13.2. The van der Waals surface area contributed by atoms with Crippen LogP contribution in [0.5, 0.6) is 0 Å². The molecule has 1 heterocycles. The highest BCUT2D eigenvalue weighted by Gasteiger charge is 2.27. The van der Waals surface area contributed by atoms with Crippen LogP contribution in [0.15, 0.2) is 30.3 Å². The Morgan fingerprint density at radius 3 is 2.57 bits per heavy atom. The molecular weight excluding hydrogens is 398 g/mol. The molecule has 30 heavy (non-hydrogen) atoms. The minimum absolute atomic E-state index is 0.0195. The molecule has 0 spiro atoms. The smallest absolute Gasteiger partial charge is 0.239 e. The van der Waals surface area contributed by atoms with E-state index in [1.165, 1.54) is 11.8 Å². The lowest BCUT2D eigenvalue weighted by Crippen LogP contribution is -2.32. The van der Waals surface area contributed by atoms with E-state index in [0.717, 1.165) is 37.7 Å². The molecule has 7 heteroatoms. The summed E-state index contributed by atoms with van der Waals surface area (Å²) in [6.07, 6.45) is 4.82. The van der Waals surface area contributed by atoms with Gasteiger partial charge in [-0.1, -0.05) is 30.3 Å². The first-order valence-corrected chi connectivity index (χ1v) is 11.2. The Morgan fingerprint density at radius 2 is 1.83 bits per heavy atom. The van der Waals surface area contributed by atoms with Crippen LogP contribution in [0.3, 0.4) is 0 Å². The number of anilines is 1. The highest BCUT2D eigenvalue weighted by atomic mass is 32.1. The maximum atomic E-state index is 13.2. The first-order chi connectivity index (χ1) is 14.5. The van der Waals surface area contributed by atoms with Gasteiger partial charge in [-0.2, -0.15) is 0 Å². The Bertz CT molecular complexity index is 908. The Hall–Kier alpha value is -2.51. The molecule has 2 aromatic rings. The fourth-order valence-electron chi connectivity index (χ4n) is 3.73. The summed E-state index contributed by atoms with van der Waals surface area (Å²) in [4.78, 5) is 40.0. The number of likely N-dealkylation sites (N-methyl/N-ethyl adjacent to an activating group) is 1. The molecule has 160 valence electrons. The molecule has 6 nitrogen and oxygen atoms in total. The van der Waals surface area contributed by atoms with Gasteiger partial charge >= 0.3 is 0 Å². The van der Waals surface area contributed by atoms with Crippen molar-refractivity contribution in [3.05, 3.63) is 51.9 Å². The molecule has 0 saturated carbocycles. The predicted molar refractivity (Wildman–Crippen MR) is 120 cm³/mol. The van der Waals surface area contributed by atoms with Crippen molar-refractivity contribution in [3.63, 3.8) is 0 Å². The van der Waals surface area contributed by atoms with Crippen molar-refractivity contribution in [1.82, 2.24) is 10.2 Å². The van der Waals surface area contributed by atoms with Crippen LogP contribution in [-0.2, 0) is 22.4 Å². The van der Waals surface area contributed by atoms with Crippen molar-refractivity contribution in [3.8, 4) is 0 Å². The fourth-order valence-corrected chi connectivity index (χ4v) is 5.03. The molecule has 0 fully saturated rings. The van der Waals surface area contributed by atoms with Crippen molar-refractivity contribution < 1.29 is 14.4 Å². The van der Waals surface area contributed by atoms with Gasteiger partial charge in [0.05, 0.1) is 12.1 Å². The van der Waals surface area contributed by atoms with E-state index >= 15 is 0 Å². The molecule has 1 aromatic carbocycles. The number of carbonyl (C=O) groups excluding carboxylic acids is 3. The number of fused-ring (bicyclic) bond motifs is 1. The zero-order valence-corrected chi connectivity index (χ0v) is 18.4. The van der Waals surface area contributed by atoms with E-state index < -0.39 is 0 Å². The third-order valence-corrected chi connectivity index (χ3v) is 6.40. The first kappa shape index (κ1) is 22.2. The first-order valence-electron chi connectivity index (χ1n) is 10.4. The Balaban J connectivity index is 1.69. The standard InChI is InChI=1S/C23H29N3O3S/c1-16(27)24-13-8-14-26(2)15-20(28)25-23-21(18-11-6-7-12-19(18)30-23)22(29)17-9-4-3-5-10-17/h3-5,9-10H,6-8,11-15H2,1-2H3,(H,24,27)(H,25,28). The highest BCUT2D eigenvalue weighted by Crippen LogP contribution is 2.39. The van der Waals surface area contributed by atoms with Gasteiger partial charge in [0.1, 0.15) is 5.00 Å². The second kappa shape index (κ2) is 10.5. The summed E-state index contributed by atoms with van der Waals surface area (Å²) in [5.74, 6) is -0.195. The molecule has 2 N–H and O–H groups in total. The van der Waals surface area contributed by atoms with Crippen molar-refractivity contribution in [2.45, 2.75) is 39.0 Å². The summed E-state index contributed by atoms with van der Waals surface area (Å²) >= 11 is 1.55. The quantitative estimate of drug-likeness (QED) is 0.476. The Labute approximate surface area is 181 Å². The lowest BCUT2D eigenvalue weighted by molar-refractivity contribution is -0.119. The topological polar surface area (TPSA) is 78.5 Å². The van der Waals surface area contributed by atoms with Crippen LogP contribution in [0.25, 0.3) is 0 Å². The molecule has 2 amide bonds. The van der Waals surface area contributed by atoms with Gasteiger partial charge in [0.15, 0.2) is 5.78 Å². The van der Waals surface area contributed by atoms with Crippen LogP contribution >= 0.6 is 11.3 Å². The molecule has 0 saturated heterocycles. The summed E-state index contributed by atoms with van der Waals surface area (Å²) in [7, 11) is 1.88. The van der Waals surface area contributed by atoms with Crippen LogP contribution in [0.4, 0.5) is 5.00 Å². The zero-order chi connectivity index (χ0) is 21.5. The van der Waals surface area contributed by atoms with Crippen LogP contribution in [0.1, 0.15) is 52.5 Å². The van der Waals surface area contributed by atoms with Gasteiger partial charge in [-0.3, -0.25) is 19.3 Å². The lowest BCUT2D eigenvalue weighted by Gasteiger charge is -2.16. The normalized spacial score (nSPS) is 13.0. The number of benzene rings is 1. The van der Waals surface area contributed by atoms with Crippen LogP contribution in [0, 0.1) is 0 Å². The molecule has 3 rings (SSSR count). The van der Waals surface area contributed by atoms with E-state index in [1.54, 1.807) is 11.3 Å². The second-order valence-electron chi connectivity index (χ2n) is 7.73. The minimum atomic E-state index is -0.127. The molecule has 0 aliphatic heterocycles. The summed E-state index contributed by atoms with van der Waals surface area (Å²) < 4.78 is 0. The largest absolute Gasteiger partial charge is 0.356 e. The number of hydrogen-bond donors (Lipinski definition) is 2. The van der Waals surface area contributed by atoms with E-state index in [0.29, 0.717) is 29.2 Å². The number of thiophene rings is 1. The summed E-state index contributed by atoms with van der Waals surface area (Å²) in [5, 5.41) is 6.43. The monoisotopic (exact) mass is 427 g/mol. The maximum Gasteiger partial charge on any atom is 0.239 e. The average molecular weight is 428 g/mol. The number of nitrogens with zero attached hydrogens (tertiary/aromatic N) is 1. The molecule has 0 radical (unpaired) electrons. The van der Waals surface area contributed by atoms with Crippen molar-refractivity contribution >= 4 is 33.9 Å². The lowest BCUT2D eigenvalue weighted by atomic mass is 9.92. The minimum Gasteiger partial charge on any atom is -0.356 e. The number of carbonyl (C=O) groups is 3. The molecule has 0 bridgehead atoms. The van der Waals surface area contributed by atoms with Gasteiger partial charge < -0.3 is 10.6 Å². The van der Waals surface area contributed by atoms with Crippen LogP contribution < -0.4 is 10.6 Å². The molecule has 1 aromatic heterocycles. The Kier molecular flexibility index (Phi) is 7.76. The van der Waals surface area contributed by atoms with E-state index in [4.69, 9.17) is 0 Å². The van der Waals surface area contributed by atoms with Gasteiger partial charge in [-0.25, -0.2) is 0 Å². The summed E-state index contributed by atoms with van der Waals surface area (Å²) in [6, 6.07) is 9.26. The average Bonchev–Trinajstić information content (AvgIpc) is 3.08. The van der Waals surface area contributed by atoms with Gasteiger partial charge in [0.25, 0.3) is 0 Å². The number of aryl methyl sites for hydroxylation is 1.